The second kappa shape index (κ2) is 10.4. The highest BCUT2D eigenvalue weighted by Crippen LogP contribution is 2.31. The molecule has 0 saturated carbocycles. The van der Waals surface area contributed by atoms with Crippen LogP contribution >= 0.6 is 0 Å². The van der Waals surface area contributed by atoms with Crippen molar-refractivity contribution in [3.05, 3.63) is 85.2 Å². The van der Waals surface area contributed by atoms with Crippen molar-refractivity contribution >= 4 is 5.97 Å². The minimum atomic E-state index is -0.472. The van der Waals surface area contributed by atoms with Gasteiger partial charge in [-0.15, -0.1) is 0 Å². The van der Waals surface area contributed by atoms with Gasteiger partial charge in [-0.05, 0) is 49.2 Å². The molecule has 0 aliphatic rings. The molecule has 8 nitrogen and oxygen atoms in total. The van der Waals surface area contributed by atoms with Gasteiger partial charge in [-0.2, -0.15) is 0 Å². The number of carbonyl (C=O) groups excluding carboxylic acids is 1. The van der Waals surface area contributed by atoms with Gasteiger partial charge in [-0.3, -0.25) is 19.9 Å². The molecule has 1 aromatic carbocycles. The molecule has 0 fully saturated rings. The molecule has 4 rings (SSSR count). The lowest BCUT2D eigenvalue weighted by Gasteiger charge is -2.12. The van der Waals surface area contributed by atoms with Gasteiger partial charge in [0, 0.05) is 30.9 Å². The Kier molecular flexibility index (Phi) is 6.98. The standard InChI is InChI=1S/C26H23N5O3/c1-4-24(32)34-14-13-33-21-7-5-19(6-8-21)20-15-22(25-17(2)27-9-11-29-25)31-23(16-20)26-18(3)28-10-12-30-26/h4-12,15-16H,1,13-14H2,2-3H3. The molecule has 3 aromatic heterocycles. The summed E-state index contributed by atoms with van der Waals surface area (Å²) in [5.74, 6) is 0.197. The Bertz CT molecular complexity index is 1260. The third-order valence-corrected chi connectivity index (χ3v) is 5.02. The number of hydrogen-bond acceptors (Lipinski definition) is 8. The molecule has 0 aliphatic heterocycles. The number of esters is 1. The van der Waals surface area contributed by atoms with E-state index in [4.69, 9.17) is 14.5 Å². The largest absolute Gasteiger partial charge is 0.490 e. The van der Waals surface area contributed by atoms with Gasteiger partial charge in [0.1, 0.15) is 30.4 Å². The summed E-state index contributed by atoms with van der Waals surface area (Å²) in [5, 5.41) is 0. The Labute approximate surface area is 197 Å². The second-order valence-electron chi connectivity index (χ2n) is 7.35. The van der Waals surface area contributed by atoms with Crippen LogP contribution in [0.2, 0.25) is 0 Å². The van der Waals surface area contributed by atoms with Crippen LogP contribution in [0.4, 0.5) is 0 Å². The van der Waals surface area contributed by atoms with Crippen LogP contribution in [0, 0.1) is 13.8 Å². The first-order valence-corrected chi connectivity index (χ1v) is 10.7. The SMILES string of the molecule is C=CC(=O)OCCOc1ccc(-c2cc(-c3nccnc3C)nc(-c3nccnc3C)c2)cc1. The van der Waals surface area contributed by atoms with Crippen molar-refractivity contribution in [1.29, 1.82) is 0 Å². The Balaban J connectivity index is 1.66. The minimum Gasteiger partial charge on any atom is -0.490 e. The summed E-state index contributed by atoms with van der Waals surface area (Å²) in [6, 6.07) is 11.6. The number of hydrogen-bond donors (Lipinski definition) is 0. The normalized spacial score (nSPS) is 10.5. The Morgan fingerprint density at radius 2 is 1.38 bits per heavy atom. The predicted octanol–water partition coefficient (Wildman–Crippen LogP) is 4.39. The van der Waals surface area contributed by atoms with Gasteiger partial charge in [0.05, 0.1) is 22.8 Å². The number of pyridine rings is 1. The van der Waals surface area contributed by atoms with Crippen molar-refractivity contribution in [2.24, 2.45) is 0 Å². The van der Waals surface area contributed by atoms with Gasteiger partial charge < -0.3 is 9.47 Å². The fourth-order valence-corrected chi connectivity index (χ4v) is 3.36. The zero-order valence-corrected chi connectivity index (χ0v) is 18.9. The van der Waals surface area contributed by atoms with Crippen LogP contribution < -0.4 is 4.74 Å². The molecule has 4 aromatic rings. The molecule has 0 atom stereocenters. The van der Waals surface area contributed by atoms with Gasteiger partial charge >= 0.3 is 5.97 Å². The summed E-state index contributed by atoms with van der Waals surface area (Å²) in [4.78, 5) is 33.6. The van der Waals surface area contributed by atoms with Crippen molar-refractivity contribution in [3.8, 4) is 39.7 Å². The molecule has 8 heteroatoms. The average Bonchev–Trinajstić information content (AvgIpc) is 2.87. The molecular formula is C26H23N5O3. The molecule has 0 spiro atoms. The molecule has 0 N–H and O–H groups in total. The molecule has 0 saturated heterocycles. The maximum atomic E-state index is 11.1. The molecule has 0 bridgehead atoms. The summed E-state index contributed by atoms with van der Waals surface area (Å²) in [5.41, 5.74) is 6.31. The minimum absolute atomic E-state index is 0.151. The number of carbonyl (C=O) groups is 1. The Morgan fingerprint density at radius 3 is 1.91 bits per heavy atom. The zero-order valence-electron chi connectivity index (χ0n) is 18.9. The van der Waals surface area contributed by atoms with E-state index in [0.29, 0.717) is 28.5 Å². The number of aromatic nitrogens is 5. The smallest absolute Gasteiger partial charge is 0.330 e. The lowest BCUT2D eigenvalue weighted by atomic mass is 10.0. The van der Waals surface area contributed by atoms with Crippen LogP contribution in [-0.2, 0) is 9.53 Å². The van der Waals surface area contributed by atoms with E-state index in [9.17, 15) is 4.79 Å². The number of aryl methyl sites for hydroxylation is 2. The summed E-state index contributed by atoms with van der Waals surface area (Å²) in [6.45, 7) is 7.57. The Hall–Kier alpha value is -4.46. The summed E-state index contributed by atoms with van der Waals surface area (Å²) >= 11 is 0. The van der Waals surface area contributed by atoms with Gasteiger partial charge in [0.25, 0.3) is 0 Å². The number of ether oxygens (including phenoxy) is 2. The van der Waals surface area contributed by atoms with Crippen LogP contribution in [0.5, 0.6) is 5.75 Å². The van der Waals surface area contributed by atoms with Crippen molar-refractivity contribution in [2.75, 3.05) is 13.2 Å². The van der Waals surface area contributed by atoms with Gasteiger partial charge in [-0.25, -0.2) is 9.78 Å². The number of rotatable bonds is 8. The van der Waals surface area contributed by atoms with E-state index in [0.717, 1.165) is 28.6 Å². The molecule has 3 heterocycles. The summed E-state index contributed by atoms with van der Waals surface area (Å²) < 4.78 is 10.6. The first-order valence-electron chi connectivity index (χ1n) is 10.7. The van der Waals surface area contributed by atoms with Crippen molar-refractivity contribution in [3.63, 3.8) is 0 Å². The fraction of sp³-hybridized carbons (Fsp3) is 0.154. The lowest BCUT2D eigenvalue weighted by Crippen LogP contribution is -2.10. The molecular weight excluding hydrogens is 430 g/mol. The van der Waals surface area contributed by atoms with E-state index in [1.807, 2.05) is 50.2 Å². The third-order valence-electron chi connectivity index (χ3n) is 5.02. The highest BCUT2D eigenvalue weighted by molar-refractivity contribution is 5.81. The van der Waals surface area contributed by atoms with Crippen molar-refractivity contribution < 1.29 is 14.3 Å². The van der Waals surface area contributed by atoms with Gasteiger partial charge in [0.15, 0.2) is 0 Å². The quantitative estimate of drug-likeness (QED) is 0.220. The summed E-state index contributed by atoms with van der Waals surface area (Å²) in [7, 11) is 0. The molecule has 0 aliphatic carbocycles. The van der Waals surface area contributed by atoms with Crippen molar-refractivity contribution in [2.45, 2.75) is 13.8 Å². The van der Waals surface area contributed by atoms with Crippen molar-refractivity contribution in [1.82, 2.24) is 24.9 Å². The van der Waals surface area contributed by atoms with Crippen LogP contribution in [-0.4, -0.2) is 44.1 Å². The topological polar surface area (TPSA) is 100.0 Å². The Morgan fingerprint density at radius 1 is 0.824 bits per heavy atom. The average molecular weight is 454 g/mol. The van der Waals surface area contributed by atoms with Crippen LogP contribution in [0.1, 0.15) is 11.4 Å². The van der Waals surface area contributed by atoms with Gasteiger partial charge in [0.2, 0.25) is 0 Å². The number of nitrogens with zero attached hydrogens (tertiary/aromatic N) is 5. The number of benzene rings is 1. The van der Waals surface area contributed by atoms with Crippen LogP contribution in [0.15, 0.2) is 73.8 Å². The molecule has 0 radical (unpaired) electrons. The summed E-state index contributed by atoms with van der Waals surface area (Å²) in [6.07, 6.45) is 7.75. The zero-order chi connectivity index (χ0) is 23.9. The maximum absolute atomic E-state index is 11.1. The first-order chi connectivity index (χ1) is 16.5. The van der Waals surface area contributed by atoms with E-state index in [-0.39, 0.29) is 13.2 Å². The lowest BCUT2D eigenvalue weighted by molar-refractivity contribution is -0.138. The van der Waals surface area contributed by atoms with E-state index >= 15 is 0 Å². The van der Waals surface area contributed by atoms with E-state index in [2.05, 4.69) is 26.5 Å². The van der Waals surface area contributed by atoms with E-state index in [1.54, 1.807) is 24.8 Å². The molecule has 0 unspecified atom stereocenters. The van der Waals surface area contributed by atoms with Crippen LogP contribution in [0.3, 0.4) is 0 Å². The molecule has 170 valence electrons. The predicted molar refractivity (Wildman–Crippen MR) is 128 cm³/mol. The monoisotopic (exact) mass is 453 g/mol. The van der Waals surface area contributed by atoms with E-state index < -0.39 is 5.97 Å². The highest BCUT2D eigenvalue weighted by atomic mass is 16.6. The molecule has 0 amide bonds. The fourth-order valence-electron chi connectivity index (χ4n) is 3.36. The second-order valence-corrected chi connectivity index (χ2v) is 7.35. The highest BCUT2D eigenvalue weighted by Gasteiger charge is 2.14. The molecule has 34 heavy (non-hydrogen) atoms. The van der Waals surface area contributed by atoms with Crippen LogP contribution in [0.25, 0.3) is 33.9 Å². The first kappa shape index (κ1) is 22.7. The maximum Gasteiger partial charge on any atom is 0.330 e. The third kappa shape index (κ3) is 5.29. The van der Waals surface area contributed by atoms with Gasteiger partial charge in [-0.1, -0.05) is 18.7 Å². The van der Waals surface area contributed by atoms with E-state index in [1.165, 1.54) is 0 Å².